The molecule has 0 aliphatic rings. The Kier molecular flexibility index (Phi) is 5.16. The van der Waals surface area contributed by atoms with Crippen molar-refractivity contribution in [3.05, 3.63) is 26.7 Å². The van der Waals surface area contributed by atoms with E-state index in [4.69, 9.17) is 5.73 Å². The topological polar surface area (TPSA) is 140 Å². The number of hydrogen-bond donors (Lipinski definition) is 3. The van der Waals surface area contributed by atoms with Gasteiger partial charge in [-0.3, -0.25) is 14.3 Å². The molecular formula is C15H22N8O2S. The number of rotatable bonds is 7. The monoisotopic (exact) mass is 378 g/mol. The van der Waals surface area contributed by atoms with E-state index in [1.165, 1.54) is 16.3 Å². The molecule has 0 radical (unpaired) electrons. The molecule has 140 valence electrons. The molecule has 11 heteroatoms. The average Bonchev–Trinajstić information content (AvgIpc) is 3.16. The summed E-state index contributed by atoms with van der Waals surface area (Å²) < 4.78 is 3.40. The molecule has 0 aliphatic carbocycles. The fourth-order valence-electron chi connectivity index (χ4n) is 2.82. The first kappa shape index (κ1) is 18.2. The largest absolute Gasteiger partial charge is 0.368 e. The number of aromatic nitrogens is 7. The van der Waals surface area contributed by atoms with Crippen molar-refractivity contribution in [2.75, 3.05) is 5.73 Å². The van der Waals surface area contributed by atoms with E-state index in [2.05, 4.69) is 25.1 Å². The number of nitrogens with two attached hydrogens (primary N) is 1. The number of nitrogens with one attached hydrogen (secondary N) is 2. The van der Waals surface area contributed by atoms with Gasteiger partial charge in [0, 0.05) is 12.6 Å². The van der Waals surface area contributed by atoms with E-state index in [0.717, 1.165) is 12.8 Å². The van der Waals surface area contributed by atoms with Gasteiger partial charge in [0.15, 0.2) is 11.2 Å². The lowest BCUT2D eigenvalue weighted by molar-refractivity contribution is 0.593. The molecule has 10 nitrogen and oxygen atoms in total. The second-order valence-corrected chi connectivity index (χ2v) is 7.16. The third-order valence-corrected chi connectivity index (χ3v) is 4.81. The van der Waals surface area contributed by atoms with Crippen LogP contribution in [-0.2, 0) is 12.3 Å². The molecule has 0 aromatic carbocycles. The third kappa shape index (κ3) is 3.39. The minimum absolute atomic E-state index is 0.00559. The normalized spacial score (nSPS) is 11.7. The molecule has 0 saturated heterocycles. The highest BCUT2D eigenvalue weighted by Crippen LogP contribution is 2.24. The molecule has 26 heavy (non-hydrogen) atoms. The molecule has 0 aliphatic heterocycles. The summed E-state index contributed by atoms with van der Waals surface area (Å²) in [6.45, 7) is 6.51. The van der Waals surface area contributed by atoms with Gasteiger partial charge in [0.1, 0.15) is 5.82 Å². The Bertz CT molecular complexity index is 1030. The predicted molar refractivity (Wildman–Crippen MR) is 100 cm³/mol. The van der Waals surface area contributed by atoms with E-state index in [9.17, 15) is 9.59 Å². The number of aryl methyl sites for hydroxylation is 1. The maximum absolute atomic E-state index is 12.5. The van der Waals surface area contributed by atoms with Crippen LogP contribution in [0.2, 0.25) is 0 Å². The summed E-state index contributed by atoms with van der Waals surface area (Å²) in [5.74, 6) is 1.38. The van der Waals surface area contributed by atoms with Crippen molar-refractivity contribution in [2.24, 2.45) is 0 Å². The highest BCUT2D eigenvalue weighted by atomic mass is 32.2. The van der Waals surface area contributed by atoms with Crippen molar-refractivity contribution in [1.29, 1.82) is 0 Å². The summed E-state index contributed by atoms with van der Waals surface area (Å²) in [7, 11) is 0. The van der Waals surface area contributed by atoms with Gasteiger partial charge in [0.05, 0.1) is 5.75 Å². The predicted octanol–water partition coefficient (Wildman–Crippen LogP) is 1.26. The summed E-state index contributed by atoms with van der Waals surface area (Å²) in [4.78, 5) is 35.8. The fourth-order valence-corrected chi connectivity index (χ4v) is 3.55. The number of imidazole rings is 1. The molecule has 0 saturated carbocycles. The Labute approximate surface area is 153 Å². The molecule has 3 aromatic rings. The van der Waals surface area contributed by atoms with Crippen molar-refractivity contribution >= 4 is 28.9 Å². The van der Waals surface area contributed by atoms with Crippen LogP contribution in [0.5, 0.6) is 0 Å². The van der Waals surface area contributed by atoms with Crippen LogP contribution in [0, 0.1) is 0 Å². The van der Waals surface area contributed by atoms with Crippen LogP contribution in [0.25, 0.3) is 11.2 Å². The van der Waals surface area contributed by atoms with Gasteiger partial charge in [-0.05, 0) is 20.3 Å². The Morgan fingerprint density at radius 1 is 1.27 bits per heavy atom. The van der Waals surface area contributed by atoms with Crippen LogP contribution >= 0.6 is 11.8 Å². The van der Waals surface area contributed by atoms with Crippen LogP contribution < -0.4 is 17.0 Å². The zero-order valence-electron chi connectivity index (χ0n) is 14.9. The zero-order valence-corrected chi connectivity index (χ0v) is 15.8. The maximum Gasteiger partial charge on any atom is 0.330 e. The molecule has 0 spiro atoms. The summed E-state index contributed by atoms with van der Waals surface area (Å²) in [6, 6.07) is 0.00559. The fraction of sp³-hybridized carbons (Fsp3) is 0.533. The SMILES string of the molecule is CCCCn1c(=O)[nH]c(=O)c2c1nc(CSc1n[nH]c(N)n1)n2C(C)C. The lowest BCUT2D eigenvalue weighted by Crippen LogP contribution is -2.31. The number of thioether (sulfide) groups is 1. The summed E-state index contributed by atoms with van der Waals surface area (Å²) in [5, 5.41) is 7.08. The minimum Gasteiger partial charge on any atom is -0.368 e. The van der Waals surface area contributed by atoms with Gasteiger partial charge < -0.3 is 10.3 Å². The Balaban J connectivity index is 2.10. The molecule has 3 heterocycles. The molecular weight excluding hydrogens is 356 g/mol. The Morgan fingerprint density at radius 3 is 2.65 bits per heavy atom. The molecule has 0 fully saturated rings. The number of anilines is 1. The van der Waals surface area contributed by atoms with E-state index in [0.29, 0.717) is 34.4 Å². The number of hydrogen-bond acceptors (Lipinski definition) is 7. The Morgan fingerprint density at radius 2 is 2.04 bits per heavy atom. The standard InChI is InChI=1S/C15H22N8O2S/c1-4-5-6-22-11-10(12(24)18-15(22)25)23(8(2)3)9(17-11)7-26-14-19-13(16)20-21-14/h8H,4-7H2,1-3H3,(H,18,24,25)(H3,16,19,20,21). The molecule has 3 aromatic heterocycles. The quantitative estimate of drug-likeness (QED) is 0.526. The maximum atomic E-state index is 12.5. The van der Waals surface area contributed by atoms with Gasteiger partial charge in [-0.1, -0.05) is 25.1 Å². The van der Waals surface area contributed by atoms with Gasteiger partial charge in [0.2, 0.25) is 11.1 Å². The van der Waals surface area contributed by atoms with Gasteiger partial charge >= 0.3 is 5.69 Å². The number of fused-ring (bicyclic) bond motifs is 1. The number of H-pyrrole nitrogens is 2. The molecule has 0 unspecified atom stereocenters. The van der Waals surface area contributed by atoms with Crippen LogP contribution in [0.15, 0.2) is 14.7 Å². The van der Waals surface area contributed by atoms with E-state index in [1.807, 2.05) is 25.3 Å². The van der Waals surface area contributed by atoms with E-state index in [-0.39, 0.29) is 12.0 Å². The molecule has 0 bridgehead atoms. The van der Waals surface area contributed by atoms with Crippen molar-refractivity contribution in [2.45, 2.75) is 57.1 Å². The molecule has 0 amide bonds. The van der Waals surface area contributed by atoms with E-state index < -0.39 is 11.2 Å². The lowest BCUT2D eigenvalue weighted by Gasteiger charge is -2.12. The highest BCUT2D eigenvalue weighted by molar-refractivity contribution is 7.98. The smallest absolute Gasteiger partial charge is 0.330 e. The number of nitrogen functional groups attached to an aromatic ring is 1. The average molecular weight is 378 g/mol. The minimum atomic E-state index is -0.426. The van der Waals surface area contributed by atoms with Gasteiger partial charge in [-0.15, -0.1) is 5.10 Å². The molecule has 4 N–H and O–H groups in total. The summed E-state index contributed by atoms with van der Waals surface area (Å²) in [6.07, 6.45) is 1.77. The summed E-state index contributed by atoms with van der Waals surface area (Å²) >= 11 is 1.36. The highest BCUT2D eigenvalue weighted by Gasteiger charge is 2.20. The van der Waals surface area contributed by atoms with E-state index in [1.54, 1.807) is 0 Å². The zero-order chi connectivity index (χ0) is 18.8. The first-order chi connectivity index (χ1) is 12.4. The van der Waals surface area contributed by atoms with Crippen LogP contribution in [0.3, 0.4) is 0 Å². The van der Waals surface area contributed by atoms with Crippen LogP contribution in [-0.4, -0.2) is 34.3 Å². The van der Waals surface area contributed by atoms with Gasteiger partial charge in [0.25, 0.3) is 5.56 Å². The third-order valence-electron chi connectivity index (χ3n) is 3.97. The molecule has 0 atom stereocenters. The van der Waals surface area contributed by atoms with Crippen molar-refractivity contribution in [3.8, 4) is 0 Å². The van der Waals surface area contributed by atoms with Crippen molar-refractivity contribution in [1.82, 2.24) is 34.3 Å². The van der Waals surface area contributed by atoms with Crippen molar-refractivity contribution < 1.29 is 0 Å². The second kappa shape index (κ2) is 7.36. The number of nitrogens with zero attached hydrogens (tertiary/aromatic N) is 5. The van der Waals surface area contributed by atoms with Gasteiger partial charge in [-0.25, -0.2) is 14.9 Å². The Hall–Kier alpha value is -2.56. The number of unbranched alkanes of at least 4 members (excludes halogenated alkanes) is 1. The summed E-state index contributed by atoms with van der Waals surface area (Å²) in [5.41, 5.74) is 5.54. The van der Waals surface area contributed by atoms with Crippen molar-refractivity contribution in [3.63, 3.8) is 0 Å². The van der Waals surface area contributed by atoms with Crippen LogP contribution in [0.1, 0.15) is 45.5 Å². The van der Waals surface area contributed by atoms with E-state index >= 15 is 0 Å². The number of aromatic amines is 2. The lowest BCUT2D eigenvalue weighted by atomic mass is 10.3. The van der Waals surface area contributed by atoms with Gasteiger partial charge in [-0.2, -0.15) is 4.98 Å². The molecule has 3 rings (SSSR count). The first-order valence-corrected chi connectivity index (χ1v) is 9.45. The second-order valence-electron chi connectivity index (χ2n) is 6.22. The van der Waals surface area contributed by atoms with Crippen LogP contribution in [0.4, 0.5) is 5.95 Å². The first-order valence-electron chi connectivity index (χ1n) is 8.47.